The summed E-state index contributed by atoms with van der Waals surface area (Å²) in [5, 5.41) is 7.30. The number of aryl methyl sites for hydroxylation is 2. The molecule has 3 N–H and O–H groups in total. The third kappa shape index (κ3) is 2.55. The summed E-state index contributed by atoms with van der Waals surface area (Å²) >= 11 is 2.33. The molecule has 0 spiro atoms. The smallest absolute Gasteiger partial charge is 0.153 e. The maximum atomic E-state index is 6.10. The minimum Gasteiger partial charge on any atom is -0.382 e. The highest BCUT2D eigenvalue weighted by atomic mass is 127. The number of nitrogens with one attached hydrogen (secondary N) is 1. The van der Waals surface area contributed by atoms with Gasteiger partial charge in [-0.25, -0.2) is 0 Å². The highest BCUT2D eigenvalue weighted by Gasteiger charge is 2.16. The van der Waals surface area contributed by atoms with Crippen molar-refractivity contribution in [1.82, 2.24) is 10.2 Å². The molecule has 106 valence electrons. The minimum atomic E-state index is 0.535. The quantitative estimate of drug-likeness (QED) is 0.632. The molecule has 3 aromatic rings. The Morgan fingerprint density at radius 2 is 1.81 bits per heavy atom. The van der Waals surface area contributed by atoms with Crippen LogP contribution < -0.4 is 5.73 Å². The topological polar surface area (TPSA) is 54.7 Å². The van der Waals surface area contributed by atoms with Crippen molar-refractivity contribution >= 4 is 28.4 Å². The van der Waals surface area contributed by atoms with E-state index in [4.69, 9.17) is 5.73 Å². The van der Waals surface area contributed by atoms with Crippen LogP contribution in [0.2, 0.25) is 0 Å². The number of anilines is 1. The highest BCUT2D eigenvalue weighted by Crippen LogP contribution is 2.37. The number of benzene rings is 2. The summed E-state index contributed by atoms with van der Waals surface area (Å²) < 4.78 is 1.17. The average molecular weight is 389 g/mol. The Bertz CT molecular complexity index is 806. The third-order valence-electron chi connectivity index (χ3n) is 3.73. The van der Waals surface area contributed by atoms with Gasteiger partial charge in [-0.1, -0.05) is 36.4 Å². The van der Waals surface area contributed by atoms with Crippen molar-refractivity contribution in [2.75, 3.05) is 5.73 Å². The van der Waals surface area contributed by atoms with Gasteiger partial charge in [0.05, 0.1) is 11.3 Å². The van der Waals surface area contributed by atoms with E-state index in [0.717, 1.165) is 22.4 Å². The standard InChI is InChI=1S/C17H16IN3/c1-10-7-8-12(9-11(10)2)15-16(20-21-17(15)19)13-5-3-4-6-14(13)18/h3-9H,1-2H3,(H3,19,20,21). The third-order valence-corrected chi connectivity index (χ3v) is 4.67. The first-order valence-electron chi connectivity index (χ1n) is 6.74. The van der Waals surface area contributed by atoms with Crippen molar-refractivity contribution in [2.24, 2.45) is 0 Å². The van der Waals surface area contributed by atoms with Crippen molar-refractivity contribution < 1.29 is 0 Å². The number of H-pyrrole nitrogens is 1. The molecule has 3 rings (SSSR count). The molecule has 0 bridgehead atoms. The van der Waals surface area contributed by atoms with Gasteiger partial charge in [0, 0.05) is 9.13 Å². The summed E-state index contributed by atoms with van der Waals surface area (Å²) in [6, 6.07) is 14.6. The molecule has 0 amide bonds. The Hall–Kier alpha value is -1.82. The van der Waals surface area contributed by atoms with E-state index >= 15 is 0 Å². The number of nitrogen functional groups attached to an aromatic ring is 1. The summed E-state index contributed by atoms with van der Waals surface area (Å²) in [5.41, 5.74) is 12.8. The Morgan fingerprint density at radius 3 is 2.52 bits per heavy atom. The van der Waals surface area contributed by atoms with Crippen molar-refractivity contribution in [3.63, 3.8) is 0 Å². The van der Waals surface area contributed by atoms with Crippen molar-refractivity contribution in [2.45, 2.75) is 13.8 Å². The first kappa shape index (κ1) is 14.1. The molecule has 0 aliphatic heterocycles. The summed E-state index contributed by atoms with van der Waals surface area (Å²) in [6.07, 6.45) is 0. The van der Waals surface area contributed by atoms with Crippen molar-refractivity contribution in [1.29, 1.82) is 0 Å². The number of aromatic nitrogens is 2. The van der Waals surface area contributed by atoms with Crippen LogP contribution in [0.3, 0.4) is 0 Å². The van der Waals surface area contributed by atoms with E-state index < -0.39 is 0 Å². The van der Waals surface area contributed by atoms with E-state index in [1.165, 1.54) is 14.7 Å². The Balaban J connectivity index is 2.22. The minimum absolute atomic E-state index is 0.535. The fourth-order valence-electron chi connectivity index (χ4n) is 2.40. The van der Waals surface area contributed by atoms with E-state index in [1.54, 1.807) is 0 Å². The van der Waals surface area contributed by atoms with Crippen LogP contribution in [0, 0.1) is 17.4 Å². The number of nitrogens with zero attached hydrogens (tertiary/aromatic N) is 1. The second-order valence-electron chi connectivity index (χ2n) is 5.14. The van der Waals surface area contributed by atoms with Crippen LogP contribution in [0.4, 0.5) is 5.82 Å². The first-order chi connectivity index (χ1) is 10.1. The van der Waals surface area contributed by atoms with Gasteiger partial charge in [-0.15, -0.1) is 0 Å². The van der Waals surface area contributed by atoms with Crippen LogP contribution in [0.1, 0.15) is 11.1 Å². The van der Waals surface area contributed by atoms with Crippen molar-refractivity contribution in [3.8, 4) is 22.4 Å². The molecule has 2 aromatic carbocycles. The van der Waals surface area contributed by atoms with Gasteiger partial charge in [-0.3, -0.25) is 5.10 Å². The molecule has 3 nitrogen and oxygen atoms in total. The lowest BCUT2D eigenvalue weighted by molar-refractivity contribution is 1.10. The van der Waals surface area contributed by atoms with Gasteiger partial charge in [0.2, 0.25) is 0 Å². The lowest BCUT2D eigenvalue weighted by Gasteiger charge is -2.08. The second-order valence-corrected chi connectivity index (χ2v) is 6.30. The molecule has 0 aliphatic rings. The Morgan fingerprint density at radius 1 is 1.05 bits per heavy atom. The van der Waals surface area contributed by atoms with Gasteiger partial charge in [-0.05, 0) is 59.2 Å². The molecule has 0 atom stereocenters. The largest absolute Gasteiger partial charge is 0.382 e. The van der Waals surface area contributed by atoms with Gasteiger partial charge in [0.25, 0.3) is 0 Å². The van der Waals surface area contributed by atoms with Crippen LogP contribution in [0.5, 0.6) is 0 Å². The van der Waals surface area contributed by atoms with Crippen LogP contribution in [-0.4, -0.2) is 10.2 Å². The molecule has 0 radical (unpaired) electrons. The van der Waals surface area contributed by atoms with Gasteiger partial charge >= 0.3 is 0 Å². The molecule has 1 heterocycles. The van der Waals surface area contributed by atoms with Crippen LogP contribution in [0.25, 0.3) is 22.4 Å². The molecule has 0 saturated heterocycles. The number of aromatic amines is 1. The molecule has 0 unspecified atom stereocenters. The zero-order valence-electron chi connectivity index (χ0n) is 11.9. The number of halogens is 1. The zero-order valence-corrected chi connectivity index (χ0v) is 14.1. The normalized spacial score (nSPS) is 10.8. The van der Waals surface area contributed by atoms with Gasteiger partial charge < -0.3 is 5.73 Å². The molecular formula is C17H16IN3. The fraction of sp³-hybridized carbons (Fsp3) is 0.118. The molecule has 21 heavy (non-hydrogen) atoms. The van der Waals surface area contributed by atoms with Crippen LogP contribution in [0.15, 0.2) is 42.5 Å². The zero-order chi connectivity index (χ0) is 15.0. The molecule has 4 heteroatoms. The summed E-state index contributed by atoms with van der Waals surface area (Å²) in [6.45, 7) is 4.22. The van der Waals surface area contributed by atoms with Gasteiger partial charge in [0.15, 0.2) is 5.82 Å². The van der Waals surface area contributed by atoms with Crippen LogP contribution in [-0.2, 0) is 0 Å². The number of rotatable bonds is 2. The molecular weight excluding hydrogens is 373 g/mol. The maximum absolute atomic E-state index is 6.10. The SMILES string of the molecule is Cc1ccc(-c2c(N)n[nH]c2-c2ccccc2I)cc1C. The van der Waals surface area contributed by atoms with E-state index in [2.05, 4.69) is 77.0 Å². The van der Waals surface area contributed by atoms with Crippen LogP contribution >= 0.6 is 22.6 Å². The number of nitrogens with two attached hydrogens (primary N) is 1. The second kappa shape index (κ2) is 5.52. The van der Waals surface area contributed by atoms with Gasteiger partial charge in [0.1, 0.15) is 0 Å². The number of hydrogen-bond donors (Lipinski definition) is 2. The van der Waals surface area contributed by atoms with E-state index in [0.29, 0.717) is 5.82 Å². The Labute approximate surface area is 137 Å². The molecule has 0 saturated carbocycles. The molecule has 0 fully saturated rings. The average Bonchev–Trinajstić information content (AvgIpc) is 2.84. The van der Waals surface area contributed by atoms with E-state index in [9.17, 15) is 0 Å². The maximum Gasteiger partial charge on any atom is 0.153 e. The predicted octanol–water partition coefficient (Wildman–Crippen LogP) is 4.55. The van der Waals surface area contributed by atoms with Gasteiger partial charge in [-0.2, -0.15) is 5.10 Å². The predicted molar refractivity (Wildman–Crippen MR) is 96.1 cm³/mol. The van der Waals surface area contributed by atoms with E-state index in [1.807, 2.05) is 12.1 Å². The molecule has 0 aliphatic carbocycles. The monoisotopic (exact) mass is 389 g/mol. The number of hydrogen-bond acceptors (Lipinski definition) is 2. The highest BCUT2D eigenvalue weighted by molar-refractivity contribution is 14.1. The molecule has 1 aromatic heterocycles. The first-order valence-corrected chi connectivity index (χ1v) is 7.82. The summed E-state index contributed by atoms with van der Waals surface area (Å²) in [4.78, 5) is 0. The Kier molecular flexibility index (Phi) is 3.71. The fourth-order valence-corrected chi connectivity index (χ4v) is 3.06. The lowest BCUT2D eigenvalue weighted by atomic mass is 9.97. The summed E-state index contributed by atoms with van der Waals surface area (Å²) in [7, 11) is 0. The van der Waals surface area contributed by atoms with E-state index in [-0.39, 0.29) is 0 Å². The lowest BCUT2D eigenvalue weighted by Crippen LogP contribution is -1.91. The summed E-state index contributed by atoms with van der Waals surface area (Å²) in [5.74, 6) is 0.535. The van der Waals surface area contributed by atoms with Crippen molar-refractivity contribution in [3.05, 3.63) is 57.2 Å².